The quantitative estimate of drug-likeness (QED) is 0.878. The molecule has 1 aliphatic rings. The van der Waals surface area contributed by atoms with Gasteiger partial charge in [0, 0.05) is 11.7 Å². The Labute approximate surface area is 116 Å². The Morgan fingerprint density at radius 3 is 2.70 bits per heavy atom. The number of anilines is 1. The molecule has 20 heavy (non-hydrogen) atoms. The first-order valence-electron chi connectivity index (χ1n) is 6.49. The summed E-state index contributed by atoms with van der Waals surface area (Å²) < 4.78 is 13.3. The summed E-state index contributed by atoms with van der Waals surface area (Å²) in [6.45, 7) is 0. The largest absolute Gasteiger partial charge is 0.378 e. The summed E-state index contributed by atoms with van der Waals surface area (Å²) >= 11 is 0. The van der Waals surface area contributed by atoms with Crippen LogP contribution in [0.3, 0.4) is 0 Å². The van der Waals surface area contributed by atoms with Gasteiger partial charge in [0.25, 0.3) is 0 Å². The average molecular weight is 267 g/mol. The minimum atomic E-state index is -0.499. The summed E-state index contributed by atoms with van der Waals surface area (Å²) in [6.07, 6.45) is 0.790. The predicted molar refractivity (Wildman–Crippen MR) is 75.5 cm³/mol. The van der Waals surface area contributed by atoms with Crippen LogP contribution in [-0.2, 0) is 0 Å². The molecule has 0 spiro atoms. The third-order valence-electron chi connectivity index (χ3n) is 3.69. The minimum Gasteiger partial charge on any atom is -0.378 e. The lowest BCUT2D eigenvalue weighted by Crippen LogP contribution is -2.10. The first kappa shape index (κ1) is 12.6. The van der Waals surface area contributed by atoms with Crippen LogP contribution in [0.4, 0.5) is 10.1 Å². The number of hydrogen-bond donors (Lipinski definition) is 2. The summed E-state index contributed by atoms with van der Waals surface area (Å²) in [6, 6.07) is 14.5. The SMILES string of the molecule is N#Cc1cc(NC2CC(N)c3ccccc32)ccc1F. The highest BCUT2D eigenvalue weighted by Gasteiger charge is 2.28. The van der Waals surface area contributed by atoms with Crippen LogP contribution in [-0.4, -0.2) is 0 Å². The van der Waals surface area contributed by atoms with Crippen molar-refractivity contribution >= 4 is 5.69 Å². The smallest absolute Gasteiger partial charge is 0.141 e. The first-order chi connectivity index (χ1) is 9.69. The molecule has 2 aromatic carbocycles. The molecule has 0 heterocycles. The van der Waals surface area contributed by atoms with Gasteiger partial charge in [0.2, 0.25) is 0 Å². The van der Waals surface area contributed by atoms with Crippen LogP contribution in [0.2, 0.25) is 0 Å². The number of halogens is 1. The Balaban J connectivity index is 1.88. The maximum atomic E-state index is 13.3. The van der Waals surface area contributed by atoms with Gasteiger partial charge in [0.05, 0.1) is 11.6 Å². The van der Waals surface area contributed by atoms with E-state index in [0.29, 0.717) is 0 Å². The molecule has 0 saturated heterocycles. The molecular formula is C16H14FN3. The normalized spacial score (nSPS) is 20.2. The fourth-order valence-corrected chi connectivity index (χ4v) is 2.71. The number of benzene rings is 2. The Bertz CT molecular complexity index is 690. The second kappa shape index (κ2) is 4.95. The maximum absolute atomic E-state index is 13.3. The summed E-state index contributed by atoms with van der Waals surface area (Å²) in [4.78, 5) is 0. The third-order valence-corrected chi connectivity index (χ3v) is 3.69. The van der Waals surface area contributed by atoms with Gasteiger partial charge in [-0.05, 0) is 35.7 Å². The van der Waals surface area contributed by atoms with Crippen LogP contribution in [0.25, 0.3) is 0 Å². The van der Waals surface area contributed by atoms with Gasteiger partial charge >= 0.3 is 0 Å². The molecule has 100 valence electrons. The van der Waals surface area contributed by atoms with Crippen LogP contribution in [0.1, 0.15) is 35.2 Å². The number of nitrogens with two attached hydrogens (primary N) is 1. The number of nitrogens with one attached hydrogen (secondary N) is 1. The van der Waals surface area contributed by atoms with Gasteiger partial charge in [-0.2, -0.15) is 5.26 Å². The molecule has 0 saturated carbocycles. The molecule has 3 rings (SSSR count). The van der Waals surface area contributed by atoms with Crippen molar-refractivity contribution in [2.45, 2.75) is 18.5 Å². The van der Waals surface area contributed by atoms with E-state index >= 15 is 0 Å². The van der Waals surface area contributed by atoms with E-state index in [1.807, 2.05) is 24.3 Å². The minimum absolute atomic E-state index is 0.0135. The molecule has 0 amide bonds. The van der Waals surface area contributed by atoms with Gasteiger partial charge in [-0.25, -0.2) is 4.39 Å². The van der Waals surface area contributed by atoms with Crippen molar-refractivity contribution in [3.05, 3.63) is 65.0 Å². The lowest BCUT2D eigenvalue weighted by atomic mass is 10.1. The Hall–Kier alpha value is -2.38. The van der Waals surface area contributed by atoms with Crippen LogP contribution in [0.5, 0.6) is 0 Å². The summed E-state index contributed by atoms with van der Waals surface area (Å²) in [5.74, 6) is -0.499. The molecule has 1 aliphatic carbocycles. The highest BCUT2D eigenvalue weighted by molar-refractivity contribution is 5.53. The molecule has 3 nitrogen and oxygen atoms in total. The van der Waals surface area contributed by atoms with Crippen molar-refractivity contribution in [2.24, 2.45) is 5.73 Å². The number of fused-ring (bicyclic) bond motifs is 1. The van der Waals surface area contributed by atoms with Crippen LogP contribution < -0.4 is 11.1 Å². The fraction of sp³-hybridized carbons (Fsp3) is 0.188. The van der Waals surface area contributed by atoms with E-state index in [-0.39, 0.29) is 17.6 Å². The van der Waals surface area contributed by atoms with Crippen molar-refractivity contribution in [2.75, 3.05) is 5.32 Å². The van der Waals surface area contributed by atoms with Crippen LogP contribution in [0.15, 0.2) is 42.5 Å². The molecule has 2 unspecified atom stereocenters. The maximum Gasteiger partial charge on any atom is 0.141 e. The zero-order chi connectivity index (χ0) is 14.1. The molecule has 3 N–H and O–H groups in total. The summed E-state index contributed by atoms with van der Waals surface area (Å²) in [5.41, 5.74) is 9.21. The van der Waals surface area contributed by atoms with Gasteiger partial charge in [0.1, 0.15) is 11.9 Å². The monoisotopic (exact) mass is 267 g/mol. The number of rotatable bonds is 2. The highest BCUT2D eigenvalue weighted by atomic mass is 19.1. The van der Waals surface area contributed by atoms with E-state index in [4.69, 9.17) is 11.0 Å². The van der Waals surface area contributed by atoms with E-state index in [1.165, 1.54) is 17.7 Å². The molecule has 0 aromatic heterocycles. The zero-order valence-corrected chi connectivity index (χ0v) is 10.8. The standard InChI is InChI=1S/C16H14FN3/c17-14-6-5-11(7-10(14)9-18)20-16-8-15(19)12-3-1-2-4-13(12)16/h1-7,15-16,20H,8,19H2. The number of nitrogens with zero attached hydrogens (tertiary/aromatic N) is 1. The van der Waals surface area contributed by atoms with E-state index < -0.39 is 5.82 Å². The lowest BCUT2D eigenvalue weighted by molar-refractivity contribution is 0.623. The molecule has 0 radical (unpaired) electrons. The molecule has 2 atom stereocenters. The van der Waals surface area contributed by atoms with Gasteiger partial charge in [-0.3, -0.25) is 0 Å². The van der Waals surface area contributed by atoms with E-state index in [0.717, 1.165) is 17.7 Å². The van der Waals surface area contributed by atoms with Crippen molar-refractivity contribution < 1.29 is 4.39 Å². The van der Waals surface area contributed by atoms with Gasteiger partial charge < -0.3 is 11.1 Å². The van der Waals surface area contributed by atoms with E-state index in [1.54, 1.807) is 6.07 Å². The zero-order valence-electron chi connectivity index (χ0n) is 10.8. The van der Waals surface area contributed by atoms with Gasteiger partial charge in [-0.15, -0.1) is 0 Å². The number of nitriles is 1. The topological polar surface area (TPSA) is 61.8 Å². The second-order valence-electron chi connectivity index (χ2n) is 4.97. The molecule has 4 heteroatoms. The Morgan fingerprint density at radius 1 is 1.20 bits per heavy atom. The molecule has 0 aliphatic heterocycles. The molecule has 0 bridgehead atoms. The van der Waals surface area contributed by atoms with Gasteiger partial charge in [-0.1, -0.05) is 24.3 Å². The first-order valence-corrected chi connectivity index (χ1v) is 6.49. The number of hydrogen-bond acceptors (Lipinski definition) is 3. The average Bonchev–Trinajstić information content (AvgIpc) is 2.78. The molecular weight excluding hydrogens is 253 g/mol. The highest BCUT2D eigenvalue weighted by Crippen LogP contribution is 2.39. The summed E-state index contributed by atoms with van der Waals surface area (Å²) in [7, 11) is 0. The van der Waals surface area contributed by atoms with E-state index in [2.05, 4.69) is 11.4 Å². The summed E-state index contributed by atoms with van der Waals surface area (Å²) in [5, 5.41) is 12.2. The van der Waals surface area contributed by atoms with Crippen molar-refractivity contribution in [1.29, 1.82) is 5.26 Å². The second-order valence-corrected chi connectivity index (χ2v) is 4.97. The van der Waals surface area contributed by atoms with Crippen molar-refractivity contribution in [3.8, 4) is 6.07 Å². The Kier molecular flexibility index (Phi) is 3.13. The third kappa shape index (κ3) is 2.13. The van der Waals surface area contributed by atoms with Crippen LogP contribution >= 0.6 is 0 Å². The van der Waals surface area contributed by atoms with Gasteiger partial charge in [0.15, 0.2) is 0 Å². The fourth-order valence-electron chi connectivity index (χ4n) is 2.71. The van der Waals surface area contributed by atoms with Crippen LogP contribution in [0, 0.1) is 17.1 Å². The van der Waals surface area contributed by atoms with Crippen molar-refractivity contribution in [1.82, 2.24) is 0 Å². The Morgan fingerprint density at radius 2 is 1.95 bits per heavy atom. The molecule has 0 fully saturated rings. The van der Waals surface area contributed by atoms with E-state index in [9.17, 15) is 4.39 Å². The van der Waals surface area contributed by atoms with Crippen molar-refractivity contribution in [3.63, 3.8) is 0 Å². The predicted octanol–water partition coefficient (Wildman–Crippen LogP) is 3.25. The lowest BCUT2D eigenvalue weighted by Gasteiger charge is -2.15. The molecule has 2 aromatic rings.